The molecule has 0 aromatic heterocycles. The highest BCUT2D eigenvalue weighted by atomic mass is 32.2. The fourth-order valence-corrected chi connectivity index (χ4v) is 3.83. The number of carboxylic acids is 1. The molecule has 0 spiro atoms. The molecule has 0 aliphatic carbocycles. The highest BCUT2D eigenvalue weighted by Gasteiger charge is 2.32. The number of thioether (sulfide) groups is 2. The first-order valence-electron chi connectivity index (χ1n) is 10.9. The van der Waals surface area contributed by atoms with Crippen LogP contribution >= 0.6 is 23.5 Å². The number of aliphatic carboxylic acids is 1. The summed E-state index contributed by atoms with van der Waals surface area (Å²) in [6.07, 6.45) is 5.26. The lowest BCUT2D eigenvalue weighted by atomic mass is 9.97. The van der Waals surface area contributed by atoms with Crippen LogP contribution in [0, 0.1) is 11.8 Å². The number of nitrogens with one attached hydrogen (secondary N) is 3. The van der Waals surface area contributed by atoms with Crippen LogP contribution in [0.2, 0.25) is 0 Å². The highest BCUT2D eigenvalue weighted by molar-refractivity contribution is 7.98. The minimum absolute atomic E-state index is 0.182. The third-order valence-corrected chi connectivity index (χ3v) is 6.52. The van der Waals surface area contributed by atoms with Gasteiger partial charge in [0, 0.05) is 0 Å². The van der Waals surface area contributed by atoms with Crippen molar-refractivity contribution in [1.82, 2.24) is 16.0 Å². The zero-order valence-corrected chi connectivity index (χ0v) is 21.6. The van der Waals surface area contributed by atoms with Crippen molar-refractivity contribution < 1.29 is 24.3 Å². The summed E-state index contributed by atoms with van der Waals surface area (Å²) >= 11 is 3.10. The quantitative estimate of drug-likeness (QED) is 0.215. The summed E-state index contributed by atoms with van der Waals surface area (Å²) in [5.74, 6) is -1.75. The summed E-state index contributed by atoms with van der Waals surface area (Å²) < 4.78 is 0. The van der Waals surface area contributed by atoms with Crippen LogP contribution in [0.25, 0.3) is 0 Å². The fourth-order valence-electron chi connectivity index (χ4n) is 2.87. The van der Waals surface area contributed by atoms with Crippen molar-refractivity contribution in [3.05, 3.63) is 0 Å². The van der Waals surface area contributed by atoms with Gasteiger partial charge in [0.1, 0.15) is 18.1 Å². The molecule has 0 aliphatic rings. The van der Waals surface area contributed by atoms with E-state index in [9.17, 15) is 24.3 Å². The van der Waals surface area contributed by atoms with Crippen LogP contribution < -0.4 is 21.7 Å². The van der Waals surface area contributed by atoms with Gasteiger partial charge in [-0.3, -0.25) is 14.4 Å². The van der Waals surface area contributed by atoms with Crippen LogP contribution in [0.5, 0.6) is 0 Å². The summed E-state index contributed by atoms with van der Waals surface area (Å²) in [6.45, 7) is 7.14. The van der Waals surface area contributed by atoms with Crippen LogP contribution in [-0.2, 0) is 19.2 Å². The van der Waals surface area contributed by atoms with Crippen molar-refractivity contribution in [2.75, 3.05) is 24.0 Å². The summed E-state index contributed by atoms with van der Waals surface area (Å²) in [4.78, 5) is 49.8. The van der Waals surface area contributed by atoms with Crippen LogP contribution in [0.4, 0.5) is 0 Å². The summed E-state index contributed by atoms with van der Waals surface area (Å²) in [7, 11) is 0. The standard InChI is InChI=1S/C21H40N4O5S2/c1-7-13(4)17(25-18(26)14(22)8-10-31-5)20(28)23-15(9-11-32-6)19(27)24-16(12(2)3)21(29)30/h12-17H,7-11,22H2,1-6H3,(H,23,28)(H,24,27)(H,25,26)(H,29,30). The van der Waals surface area contributed by atoms with Gasteiger partial charge in [0.05, 0.1) is 6.04 Å². The Balaban J connectivity index is 5.45. The minimum Gasteiger partial charge on any atom is -0.480 e. The van der Waals surface area contributed by atoms with Crippen molar-refractivity contribution in [2.45, 2.75) is 71.1 Å². The lowest BCUT2D eigenvalue weighted by molar-refractivity contribution is -0.143. The summed E-state index contributed by atoms with van der Waals surface area (Å²) in [5, 5.41) is 17.4. The molecule has 186 valence electrons. The topological polar surface area (TPSA) is 151 Å². The Kier molecular flexibility index (Phi) is 15.5. The molecule has 3 amide bonds. The number of carbonyl (C=O) groups excluding carboxylic acids is 3. The molecule has 0 rings (SSSR count). The molecule has 5 unspecified atom stereocenters. The SMILES string of the molecule is CCC(C)C(NC(=O)C(N)CCSC)C(=O)NC(CCSC)C(=O)NC(C(=O)O)C(C)C. The maximum Gasteiger partial charge on any atom is 0.326 e. The molecule has 0 saturated heterocycles. The molecule has 0 heterocycles. The summed E-state index contributed by atoms with van der Waals surface area (Å²) in [5.41, 5.74) is 5.94. The lowest BCUT2D eigenvalue weighted by Crippen LogP contribution is -2.59. The van der Waals surface area contributed by atoms with E-state index in [1.807, 2.05) is 26.4 Å². The zero-order chi connectivity index (χ0) is 24.8. The molecule has 9 nitrogen and oxygen atoms in total. The van der Waals surface area contributed by atoms with Crippen LogP contribution in [-0.4, -0.2) is 77.0 Å². The number of amides is 3. The predicted molar refractivity (Wildman–Crippen MR) is 132 cm³/mol. The molecule has 5 atom stereocenters. The highest BCUT2D eigenvalue weighted by Crippen LogP contribution is 2.11. The number of carboxylic acid groups (broad SMARTS) is 1. The molecule has 32 heavy (non-hydrogen) atoms. The normalized spacial score (nSPS) is 15.9. The van der Waals surface area contributed by atoms with Crippen LogP contribution in [0.1, 0.15) is 47.0 Å². The number of nitrogens with two attached hydrogens (primary N) is 1. The molecule has 0 aromatic rings. The predicted octanol–water partition coefficient (Wildman–Crippen LogP) is 1.06. The average molecular weight is 493 g/mol. The summed E-state index contributed by atoms with van der Waals surface area (Å²) in [6, 6.07) is -3.54. The van der Waals surface area contributed by atoms with E-state index in [0.717, 1.165) is 5.75 Å². The molecule has 11 heteroatoms. The van der Waals surface area contributed by atoms with Gasteiger partial charge in [-0.05, 0) is 48.7 Å². The van der Waals surface area contributed by atoms with Gasteiger partial charge in [0.25, 0.3) is 0 Å². The molecule has 6 N–H and O–H groups in total. The molecule has 0 radical (unpaired) electrons. The Morgan fingerprint density at radius 3 is 1.84 bits per heavy atom. The van der Waals surface area contributed by atoms with Gasteiger partial charge < -0.3 is 26.8 Å². The van der Waals surface area contributed by atoms with E-state index >= 15 is 0 Å². The van der Waals surface area contributed by atoms with Gasteiger partial charge in [0.2, 0.25) is 17.7 Å². The second-order valence-electron chi connectivity index (χ2n) is 8.17. The van der Waals surface area contributed by atoms with Crippen molar-refractivity contribution in [1.29, 1.82) is 0 Å². The Morgan fingerprint density at radius 1 is 0.844 bits per heavy atom. The third-order valence-electron chi connectivity index (χ3n) is 5.24. The second-order valence-corrected chi connectivity index (χ2v) is 10.1. The second kappa shape index (κ2) is 16.2. The molecular weight excluding hydrogens is 452 g/mol. The molecule has 0 aliphatic heterocycles. The Morgan fingerprint density at radius 2 is 1.38 bits per heavy atom. The van der Waals surface area contributed by atoms with E-state index in [-0.39, 0.29) is 11.8 Å². The first-order chi connectivity index (χ1) is 15.0. The van der Waals surface area contributed by atoms with E-state index in [0.29, 0.717) is 25.0 Å². The van der Waals surface area contributed by atoms with Gasteiger partial charge in [-0.15, -0.1) is 0 Å². The largest absolute Gasteiger partial charge is 0.480 e. The van der Waals surface area contributed by atoms with Gasteiger partial charge >= 0.3 is 5.97 Å². The zero-order valence-electron chi connectivity index (χ0n) is 20.0. The minimum atomic E-state index is -1.13. The van der Waals surface area contributed by atoms with Crippen molar-refractivity contribution in [3.8, 4) is 0 Å². The van der Waals surface area contributed by atoms with E-state index in [1.54, 1.807) is 25.6 Å². The van der Waals surface area contributed by atoms with Crippen molar-refractivity contribution >= 4 is 47.2 Å². The molecule has 0 aromatic carbocycles. The fraction of sp³-hybridized carbons (Fsp3) is 0.810. The van der Waals surface area contributed by atoms with Gasteiger partial charge in [-0.2, -0.15) is 23.5 Å². The van der Waals surface area contributed by atoms with Crippen molar-refractivity contribution in [3.63, 3.8) is 0 Å². The van der Waals surface area contributed by atoms with E-state index < -0.39 is 47.9 Å². The smallest absolute Gasteiger partial charge is 0.326 e. The maximum atomic E-state index is 13.1. The molecular formula is C21H40N4O5S2. The first-order valence-corrected chi connectivity index (χ1v) is 13.7. The first kappa shape index (κ1) is 30.5. The van der Waals surface area contributed by atoms with Crippen LogP contribution in [0.15, 0.2) is 0 Å². The molecule has 0 bridgehead atoms. The number of rotatable bonds is 16. The van der Waals surface area contributed by atoms with Gasteiger partial charge in [-0.1, -0.05) is 34.1 Å². The van der Waals surface area contributed by atoms with Crippen LogP contribution in [0.3, 0.4) is 0 Å². The number of hydrogen-bond donors (Lipinski definition) is 5. The number of hydrogen-bond acceptors (Lipinski definition) is 7. The molecule has 0 saturated carbocycles. The van der Waals surface area contributed by atoms with Gasteiger partial charge in [0.15, 0.2) is 0 Å². The van der Waals surface area contributed by atoms with Crippen molar-refractivity contribution in [2.24, 2.45) is 17.6 Å². The van der Waals surface area contributed by atoms with E-state index in [4.69, 9.17) is 5.73 Å². The lowest BCUT2D eigenvalue weighted by Gasteiger charge is -2.28. The Hall–Kier alpha value is -1.46. The third kappa shape index (κ3) is 10.9. The van der Waals surface area contributed by atoms with Gasteiger partial charge in [-0.25, -0.2) is 4.79 Å². The monoisotopic (exact) mass is 492 g/mol. The Labute approximate surface area is 200 Å². The van der Waals surface area contributed by atoms with E-state index in [2.05, 4.69) is 16.0 Å². The number of carbonyl (C=O) groups is 4. The van der Waals surface area contributed by atoms with E-state index in [1.165, 1.54) is 11.8 Å². The average Bonchev–Trinajstić information content (AvgIpc) is 2.75. The Bertz CT molecular complexity index is 621. The maximum absolute atomic E-state index is 13.1. The molecule has 0 fully saturated rings.